The second-order valence-electron chi connectivity index (χ2n) is 3.18. The molecule has 10 heavy (non-hydrogen) atoms. The van der Waals surface area contributed by atoms with Gasteiger partial charge in [-0.05, 0) is 20.8 Å². The molecule has 0 aromatic rings. The Kier molecular flexibility index (Phi) is 2.38. The lowest BCUT2D eigenvalue weighted by Crippen LogP contribution is -2.84. The van der Waals surface area contributed by atoms with Crippen molar-refractivity contribution in [3.05, 3.63) is 0 Å². The predicted molar refractivity (Wildman–Crippen MR) is 39.4 cm³/mol. The molecule has 0 aromatic carbocycles. The van der Waals surface area contributed by atoms with Gasteiger partial charge in [0.1, 0.15) is 11.5 Å². The smallest absolute Gasteiger partial charge is 0.146 e. The molecule has 0 amide bonds. The summed E-state index contributed by atoms with van der Waals surface area (Å²) in [6.07, 6.45) is 0. The van der Waals surface area contributed by atoms with E-state index < -0.39 is 16.3 Å². The molecule has 0 aliphatic rings. The lowest BCUT2D eigenvalue weighted by atomic mass is 9.89. The van der Waals surface area contributed by atoms with Crippen molar-refractivity contribution in [2.24, 2.45) is 0 Å². The van der Waals surface area contributed by atoms with Crippen molar-refractivity contribution >= 4 is 18.6 Å². The molecule has 1 atom stereocenters. The number of aliphatic carboxylic acids is 1. The average molecular weight is 163 g/mol. The van der Waals surface area contributed by atoms with Crippen LogP contribution in [0, 0.1) is 0 Å². The van der Waals surface area contributed by atoms with Gasteiger partial charge in [-0.1, -0.05) is 0 Å². The van der Waals surface area contributed by atoms with Gasteiger partial charge in [-0.25, -0.2) is 0 Å². The molecule has 0 aliphatic carbocycles. The summed E-state index contributed by atoms with van der Waals surface area (Å²) in [5, 5.41) is 10.4. The Balaban J connectivity index is 4.57. The third kappa shape index (κ3) is 1.64. The number of thiol groups is 1. The maximum atomic E-state index is 10.4. The summed E-state index contributed by atoms with van der Waals surface area (Å²) in [6, 6.07) is 0. The molecule has 60 valence electrons. The lowest BCUT2D eigenvalue weighted by molar-refractivity contribution is -0.486. The Morgan fingerprint density at radius 1 is 1.50 bits per heavy atom. The number of carboxylic acids is 1. The maximum absolute atomic E-state index is 10.4. The van der Waals surface area contributed by atoms with Crippen LogP contribution in [0.1, 0.15) is 20.8 Å². The predicted octanol–water partition coefficient (Wildman–Crippen LogP) is -1.55. The SMILES string of the molecule is CC(C)(S)[C@@](C)([NH3+])C(=O)[O-]. The number of hydrogen-bond acceptors (Lipinski definition) is 3. The quantitative estimate of drug-likeness (QED) is 0.484. The highest BCUT2D eigenvalue weighted by Gasteiger charge is 2.40. The molecule has 0 saturated carbocycles. The zero-order chi connectivity index (χ0) is 8.58. The summed E-state index contributed by atoms with van der Waals surface area (Å²) in [6.45, 7) is 4.88. The van der Waals surface area contributed by atoms with Crippen LogP contribution >= 0.6 is 12.6 Å². The number of quaternary nitrogens is 1. The van der Waals surface area contributed by atoms with Crippen molar-refractivity contribution in [2.75, 3.05) is 0 Å². The second kappa shape index (κ2) is 2.43. The first-order valence-electron chi connectivity index (χ1n) is 2.99. The van der Waals surface area contributed by atoms with E-state index in [1.165, 1.54) is 6.92 Å². The summed E-state index contributed by atoms with van der Waals surface area (Å²) in [5.74, 6) is -1.17. The summed E-state index contributed by atoms with van der Waals surface area (Å²) in [7, 11) is 0. The molecule has 0 saturated heterocycles. The monoisotopic (exact) mass is 163 g/mol. The minimum atomic E-state index is -1.17. The summed E-state index contributed by atoms with van der Waals surface area (Å²) < 4.78 is -0.661. The van der Waals surface area contributed by atoms with Crippen molar-refractivity contribution in [3.63, 3.8) is 0 Å². The fourth-order valence-electron chi connectivity index (χ4n) is 0.250. The topological polar surface area (TPSA) is 67.8 Å². The van der Waals surface area contributed by atoms with Gasteiger partial charge in [0, 0.05) is 0 Å². The minimum Gasteiger partial charge on any atom is -0.544 e. The van der Waals surface area contributed by atoms with E-state index in [1.54, 1.807) is 13.8 Å². The van der Waals surface area contributed by atoms with Crippen LogP contribution in [0.3, 0.4) is 0 Å². The summed E-state index contributed by atoms with van der Waals surface area (Å²) >= 11 is 4.09. The molecule has 0 radical (unpaired) electrons. The first-order chi connectivity index (χ1) is 4.19. The van der Waals surface area contributed by atoms with Gasteiger partial charge in [0.05, 0.1) is 4.75 Å². The van der Waals surface area contributed by atoms with Crippen molar-refractivity contribution in [3.8, 4) is 0 Å². The third-order valence-corrected chi connectivity index (χ3v) is 2.29. The molecule has 0 fully saturated rings. The van der Waals surface area contributed by atoms with Gasteiger partial charge in [0.25, 0.3) is 0 Å². The third-order valence-electron chi connectivity index (χ3n) is 1.80. The van der Waals surface area contributed by atoms with Gasteiger partial charge < -0.3 is 15.6 Å². The van der Waals surface area contributed by atoms with Gasteiger partial charge in [-0.3, -0.25) is 0 Å². The average Bonchev–Trinajstić information content (AvgIpc) is 1.62. The second-order valence-corrected chi connectivity index (χ2v) is 4.30. The highest BCUT2D eigenvalue weighted by Crippen LogP contribution is 2.23. The van der Waals surface area contributed by atoms with Crippen molar-refractivity contribution < 1.29 is 15.6 Å². The standard InChI is InChI=1S/C6H13NO2S/c1-5(2,10)6(3,7)4(8)9/h10H,7H2,1-3H3,(H,8,9)/t6-/m0/s1. The van der Waals surface area contributed by atoms with Gasteiger partial charge in [-0.15, -0.1) is 0 Å². The van der Waals surface area contributed by atoms with Crippen LogP contribution in [-0.4, -0.2) is 16.3 Å². The van der Waals surface area contributed by atoms with E-state index in [4.69, 9.17) is 0 Å². The number of carboxylic acid groups (broad SMARTS) is 1. The Morgan fingerprint density at radius 2 is 1.80 bits per heavy atom. The van der Waals surface area contributed by atoms with Crippen LogP contribution in [-0.2, 0) is 4.79 Å². The molecule has 0 spiro atoms. The van der Waals surface area contributed by atoms with Gasteiger partial charge >= 0.3 is 0 Å². The first kappa shape index (κ1) is 9.78. The fourth-order valence-corrected chi connectivity index (χ4v) is 0.341. The number of rotatable bonds is 2. The molecule has 0 bridgehead atoms. The molecule has 0 unspecified atom stereocenters. The Hall–Kier alpha value is -0.220. The van der Waals surface area contributed by atoms with Crippen LogP contribution in [0.5, 0.6) is 0 Å². The molecular formula is C6H13NO2S. The molecule has 3 nitrogen and oxygen atoms in total. The van der Waals surface area contributed by atoms with Crippen molar-refractivity contribution in [1.29, 1.82) is 0 Å². The van der Waals surface area contributed by atoms with E-state index in [9.17, 15) is 9.90 Å². The maximum Gasteiger partial charge on any atom is 0.146 e. The van der Waals surface area contributed by atoms with Crippen LogP contribution in [0.2, 0.25) is 0 Å². The number of hydrogen-bond donors (Lipinski definition) is 2. The van der Waals surface area contributed by atoms with Crippen LogP contribution in [0.15, 0.2) is 0 Å². The molecule has 0 aromatic heterocycles. The number of carbonyl (C=O) groups excluding carboxylic acids is 1. The van der Waals surface area contributed by atoms with E-state index in [0.717, 1.165) is 0 Å². The van der Waals surface area contributed by atoms with Crippen LogP contribution < -0.4 is 10.8 Å². The molecular weight excluding hydrogens is 150 g/mol. The van der Waals surface area contributed by atoms with E-state index in [-0.39, 0.29) is 0 Å². The van der Waals surface area contributed by atoms with Gasteiger partial charge in [0.2, 0.25) is 0 Å². The van der Waals surface area contributed by atoms with Crippen LogP contribution in [0.4, 0.5) is 0 Å². The molecule has 0 aliphatic heterocycles. The Morgan fingerprint density at radius 3 is 1.80 bits per heavy atom. The fraction of sp³-hybridized carbons (Fsp3) is 0.833. The van der Waals surface area contributed by atoms with Crippen LogP contribution in [0.25, 0.3) is 0 Å². The first-order valence-corrected chi connectivity index (χ1v) is 3.43. The highest BCUT2D eigenvalue weighted by atomic mass is 32.1. The Labute approximate surface area is 66.0 Å². The van der Waals surface area contributed by atoms with Gasteiger partial charge in [0.15, 0.2) is 0 Å². The molecule has 0 rings (SSSR count). The summed E-state index contributed by atoms with van der Waals surface area (Å²) in [5.41, 5.74) is 2.36. The zero-order valence-electron chi connectivity index (χ0n) is 6.47. The van der Waals surface area contributed by atoms with Gasteiger partial charge in [-0.2, -0.15) is 12.6 Å². The van der Waals surface area contributed by atoms with Crippen molar-refractivity contribution in [2.45, 2.75) is 31.1 Å². The van der Waals surface area contributed by atoms with Crippen molar-refractivity contribution in [1.82, 2.24) is 0 Å². The Bertz CT molecular complexity index is 148. The normalized spacial score (nSPS) is 18.1. The largest absolute Gasteiger partial charge is 0.544 e. The van der Waals surface area contributed by atoms with E-state index in [0.29, 0.717) is 0 Å². The highest BCUT2D eigenvalue weighted by molar-refractivity contribution is 7.81. The summed E-state index contributed by atoms with van der Waals surface area (Å²) in [4.78, 5) is 10.4. The van der Waals surface area contributed by atoms with E-state index in [2.05, 4.69) is 18.4 Å². The van der Waals surface area contributed by atoms with E-state index in [1.807, 2.05) is 0 Å². The molecule has 0 heterocycles. The number of carbonyl (C=O) groups is 1. The lowest BCUT2D eigenvalue weighted by Gasteiger charge is -2.34. The van der Waals surface area contributed by atoms with E-state index >= 15 is 0 Å². The molecule has 4 heteroatoms. The molecule has 3 N–H and O–H groups in total. The zero-order valence-corrected chi connectivity index (χ0v) is 7.37. The minimum absolute atomic E-state index is 0.661.